The third-order valence-electron chi connectivity index (χ3n) is 4.12. The van der Waals surface area contributed by atoms with Crippen LogP contribution in [0, 0.1) is 22.8 Å². The van der Waals surface area contributed by atoms with Gasteiger partial charge in [0.2, 0.25) is 5.43 Å². The minimum absolute atomic E-state index is 0. The molecule has 1 heterocycles. The van der Waals surface area contributed by atoms with Gasteiger partial charge in [-0.1, -0.05) is 35.9 Å². The van der Waals surface area contributed by atoms with Crippen molar-refractivity contribution in [1.29, 1.82) is 0 Å². The molecule has 0 aliphatic heterocycles. The zero-order chi connectivity index (χ0) is 18.7. The topological polar surface area (TPSA) is 51.1 Å². The van der Waals surface area contributed by atoms with Crippen LogP contribution in [0.4, 0.5) is 0 Å². The van der Waals surface area contributed by atoms with Crippen LogP contribution in [-0.4, -0.2) is 10.5 Å². The van der Waals surface area contributed by atoms with Crippen molar-refractivity contribution in [3.05, 3.63) is 85.6 Å². The van der Waals surface area contributed by atoms with E-state index in [1.165, 1.54) is 6.20 Å². The number of nitrogens with one attached hydrogen (secondary N) is 1. The average molecular weight is 544 g/mol. The van der Waals surface area contributed by atoms with Crippen LogP contribution in [0.2, 0.25) is 0 Å². The molecule has 3 rings (SSSR count). The summed E-state index contributed by atoms with van der Waals surface area (Å²) in [6.45, 7) is 2.52. The number of carbonyl (C=O) groups excluding carboxylic acids is 1. The van der Waals surface area contributed by atoms with Gasteiger partial charge < -0.3 is 22.2 Å². The number of fused-ring (bicyclic) bond motifs is 1. The zero-order valence-electron chi connectivity index (χ0n) is 14.8. The van der Waals surface area contributed by atoms with Gasteiger partial charge in [0.1, 0.15) is 5.56 Å². The Morgan fingerprint density at radius 3 is 2.59 bits per heavy atom. The Kier molecular flexibility index (Phi) is 7.78. The Bertz CT molecular complexity index is 1080. The van der Waals surface area contributed by atoms with Crippen molar-refractivity contribution in [2.24, 2.45) is 0 Å². The van der Waals surface area contributed by atoms with Crippen molar-refractivity contribution < 1.29 is 37.5 Å². The first-order valence-corrected chi connectivity index (χ1v) is 9.14. The molecule has 133 valence electrons. The summed E-state index contributed by atoms with van der Waals surface area (Å²) in [5, 5.41) is 3.27. The molecule has 0 fully saturated rings. The van der Waals surface area contributed by atoms with Gasteiger partial charge in [-0.25, -0.2) is 0 Å². The van der Waals surface area contributed by atoms with Crippen LogP contribution in [0.25, 0.3) is 10.9 Å². The molecule has 0 saturated carbocycles. The monoisotopic (exact) mass is 544 g/mol. The number of aromatic nitrogens is 1. The van der Waals surface area contributed by atoms with Crippen LogP contribution in [0.5, 0.6) is 0 Å². The predicted octanol–water partition coefficient (Wildman–Crippen LogP) is 3.43. The Hall–Kier alpha value is -1.49. The van der Waals surface area contributed by atoms with Crippen molar-refractivity contribution in [2.45, 2.75) is 20.0 Å². The smallest absolute Gasteiger partial charge is 0.257 e. The van der Waals surface area contributed by atoms with Crippen LogP contribution < -0.4 is 10.7 Å². The SMILES string of the molecule is [C-]#CCn1cc(C(=O)NCc2ccc(C)cc2)c(=O)c2cccc(I)c21.[Y]. The van der Waals surface area contributed by atoms with Gasteiger partial charge >= 0.3 is 0 Å². The molecule has 0 bridgehead atoms. The van der Waals surface area contributed by atoms with Crippen LogP contribution >= 0.6 is 22.6 Å². The molecule has 27 heavy (non-hydrogen) atoms. The molecule has 3 aromatic rings. The molecule has 0 atom stereocenters. The molecule has 1 radical (unpaired) electrons. The Morgan fingerprint density at radius 2 is 1.93 bits per heavy atom. The molecular formula is C21H16IN2O2Y-. The summed E-state index contributed by atoms with van der Waals surface area (Å²) in [4.78, 5) is 25.4. The Balaban J connectivity index is 0.00000261. The number of halogens is 1. The minimum Gasteiger partial charge on any atom is -0.692 e. The van der Waals surface area contributed by atoms with E-state index in [2.05, 4.69) is 33.8 Å². The first-order valence-electron chi connectivity index (χ1n) is 8.06. The molecule has 2 aromatic carbocycles. The molecule has 4 nitrogen and oxygen atoms in total. The summed E-state index contributed by atoms with van der Waals surface area (Å²) in [7, 11) is 0. The fourth-order valence-corrected chi connectivity index (χ4v) is 3.58. The second-order valence-corrected chi connectivity index (χ2v) is 7.14. The van der Waals surface area contributed by atoms with Gasteiger partial charge in [-0.2, -0.15) is 0 Å². The maximum absolute atomic E-state index is 12.8. The van der Waals surface area contributed by atoms with E-state index in [9.17, 15) is 9.59 Å². The largest absolute Gasteiger partial charge is 0.692 e. The third kappa shape index (κ3) is 4.87. The summed E-state index contributed by atoms with van der Waals surface area (Å²) in [5.41, 5.74) is 2.60. The summed E-state index contributed by atoms with van der Waals surface area (Å²) in [6.07, 6.45) is 8.79. The molecule has 0 aliphatic carbocycles. The van der Waals surface area contributed by atoms with Crippen LogP contribution in [-0.2, 0) is 45.8 Å². The van der Waals surface area contributed by atoms with Crippen molar-refractivity contribution in [3.63, 3.8) is 0 Å². The number of pyridine rings is 1. The van der Waals surface area contributed by atoms with E-state index >= 15 is 0 Å². The molecule has 1 aromatic heterocycles. The minimum atomic E-state index is -0.421. The first-order chi connectivity index (χ1) is 12.5. The number of carbonyl (C=O) groups is 1. The molecule has 0 aliphatic rings. The fraction of sp³-hybridized carbons (Fsp3) is 0.143. The van der Waals surface area contributed by atoms with Gasteiger partial charge in [0.15, 0.2) is 0 Å². The van der Waals surface area contributed by atoms with Crippen LogP contribution in [0.1, 0.15) is 21.5 Å². The van der Waals surface area contributed by atoms with Gasteiger partial charge in [-0.05, 0) is 47.2 Å². The van der Waals surface area contributed by atoms with Crippen LogP contribution in [0.15, 0.2) is 53.5 Å². The number of aryl methyl sites for hydroxylation is 1. The van der Waals surface area contributed by atoms with Crippen molar-refractivity contribution >= 4 is 39.4 Å². The molecule has 0 spiro atoms. The van der Waals surface area contributed by atoms with Crippen molar-refractivity contribution in [2.75, 3.05) is 0 Å². The van der Waals surface area contributed by atoms with E-state index in [1.807, 2.05) is 37.3 Å². The van der Waals surface area contributed by atoms with Gasteiger partial charge in [0.05, 0.1) is 5.52 Å². The average Bonchev–Trinajstić information content (AvgIpc) is 2.63. The maximum Gasteiger partial charge on any atom is 0.257 e. The van der Waals surface area contributed by atoms with E-state index < -0.39 is 5.91 Å². The quantitative estimate of drug-likeness (QED) is 0.311. The van der Waals surface area contributed by atoms with Gasteiger partial charge in [0.25, 0.3) is 5.91 Å². The maximum atomic E-state index is 12.8. The number of rotatable bonds is 4. The summed E-state index contributed by atoms with van der Waals surface area (Å²) in [6, 6.07) is 13.2. The number of benzene rings is 2. The number of para-hydroxylation sites is 1. The second-order valence-electron chi connectivity index (χ2n) is 5.98. The molecule has 1 amide bonds. The molecular weight excluding hydrogens is 528 g/mol. The van der Waals surface area contributed by atoms with Crippen LogP contribution in [0.3, 0.4) is 0 Å². The van der Waals surface area contributed by atoms with Gasteiger partial charge in [0, 0.05) is 61.0 Å². The standard InChI is InChI=1S/C21H16IN2O2.Y/c1-3-11-24-13-17(20(25)16-5-4-6-18(22)19(16)24)21(26)23-12-15-9-7-14(2)8-10-15;/h4-10,13H,11-12H2,2H3,(H,23,26);/q-1;. The van der Waals surface area contributed by atoms with E-state index in [1.54, 1.807) is 16.7 Å². The Labute approximate surface area is 196 Å². The number of hydrogen-bond donors (Lipinski definition) is 1. The normalized spacial score (nSPS) is 10.1. The van der Waals surface area contributed by atoms with Gasteiger partial charge in [-0.15, -0.1) is 0 Å². The van der Waals surface area contributed by atoms with Crippen molar-refractivity contribution in [3.8, 4) is 5.92 Å². The van der Waals surface area contributed by atoms with Crippen molar-refractivity contribution in [1.82, 2.24) is 9.88 Å². The predicted molar refractivity (Wildman–Crippen MR) is 110 cm³/mol. The second kappa shape index (κ2) is 9.63. The van der Waals surface area contributed by atoms with E-state index in [4.69, 9.17) is 6.42 Å². The summed E-state index contributed by atoms with van der Waals surface area (Å²) >= 11 is 2.15. The molecule has 0 unspecified atom stereocenters. The number of amides is 1. The molecule has 1 N–H and O–H groups in total. The van der Waals surface area contributed by atoms with E-state index in [0.717, 1.165) is 14.7 Å². The first kappa shape index (κ1) is 21.8. The Morgan fingerprint density at radius 1 is 1.22 bits per heavy atom. The summed E-state index contributed by atoms with van der Waals surface area (Å²) in [5.74, 6) is 1.91. The van der Waals surface area contributed by atoms with E-state index in [0.29, 0.717) is 17.4 Å². The number of hydrogen-bond acceptors (Lipinski definition) is 2. The molecule has 0 saturated heterocycles. The van der Waals surface area contributed by atoms with Gasteiger partial charge in [-0.3, -0.25) is 9.59 Å². The third-order valence-corrected chi connectivity index (χ3v) is 4.99. The fourth-order valence-electron chi connectivity index (χ4n) is 2.77. The number of nitrogens with zero attached hydrogens (tertiary/aromatic N) is 1. The zero-order valence-corrected chi connectivity index (χ0v) is 19.7. The molecule has 6 heteroatoms. The summed E-state index contributed by atoms with van der Waals surface area (Å²) < 4.78 is 2.60. The van der Waals surface area contributed by atoms with E-state index in [-0.39, 0.29) is 50.2 Å².